The van der Waals surface area contributed by atoms with Crippen LogP contribution in [0.2, 0.25) is 0 Å². The van der Waals surface area contributed by atoms with E-state index in [1.807, 2.05) is 0 Å². The Morgan fingerprint density at radius 3 is 2.79 bits per heavy atom. The molecule has 6 heteroatoms. The van der Waals surface area contributed by atoms with Crippen molar-refractivity contribution in [1.82, 2.24) is 10.6 Å². The zero-order valence-electron chi connectivity index (χ0n) is 10.3. The van der Waals surface area contributed by atoms with E-state index in [1.165, 1.54) is 0 Å². The third-order valence-corrected chi connectivity index (χ3v) is 3.23. The Morgan fingerprint density at radius 1 is 1.32 bits per heavy atom. The number of benzene rings is 1. The molecular weight excluding hydrogens is 257 g/mol. The SMILES string of the molecule is O=C(NCC1CCCNC1)c1ccc(F)c(F)c1F. The van der Waals surface area contributed by atoms with Gasteiger partial charge >= 0.3 is 0 Å². The molecule has 0 spiro atoms. The average molecular weight is 272 g/mol. The minimum absolute atomic E-state index is 0.283. The highest BCUT2D eigenvalue weighted by molar-refractivity contribution is 5.94. The average Bonchev–Trinajstić information content (AvgIpc) is 2.43. The molecule has 0 aliphatic carbocycles. The van der Waals surface area contributed by atoms with Gasteiger partial charge in [-0.15, -0.1) is 0 Å². The first-order valence-electron chi connectivity index (χ1n) is 6.22. The van der Waals surface area contributed by atoms with E-state index < -0.39 is 28.9 Å². The molecule has 1 unspecified atom stereocenters. The lowest BCUT2D eigenvalue weighted by Crippen LogP contribution is -2.38. The van der Waals surface area contributed by atoms with Crippen LogP contribution in [0.3, 0.4) is 0 Å². The maximum atomic E-state index is 13.4. The van der Waals surface area contributed by atoms with Gasteiger partial charge in [0.1, 0.15) is 0 Å². The molecule has 2 N–H and O–H groups in total. The first-order valence-corrected chi connectivity index (χ1v) is 6.22. The molecule has 1 aromatic carbocycles. The number of hydrogen-bond donors (Lipinski definition) is 2. The molecular formula is C13H15F3N2O. The van der Waals surface area contributed by atoms with E-state index in [1.54, 1.807) is 0 Å². The van der Waals surface area contributed by atoms with Gasteiger partial charge in [-0.1, -0.05) is 0 Å². The molecule has 19 heavy (non-hydrogen) atoms. The van der Waals surface area contributed by atoms with Crippen molar-refractivity contribution in [2.75, 3.05) is 19.6 Å². The fourth-order valence-corrected chi connectivity index (χ4v) is 2.13. The zero-order valence-corrected chi connectivity index (χ0v) is 10.3. The second kappa shape index (κ2) is 6.06. The lowest BCUT2D eigenvalue weighted by atomic mass is 9.99. The lowest BCUT2D eigenvalue weighted by Gasteiger charge is -2.22. The summed E-state index contributed by atoms with van der Waals surface area (Å²) >= 11 is 0. The maximum Gasteiger partial charge on any atom is 0.254 e. The largest absolute Gasteiger partial charge is 0.352 e. The molecule has 1 fully saturated rings. The van der Waals surface area contributed by atoms with Crippen molar-refractivity contribution < 1.29 is 18.0 Å². The van der Waals surface area contributed by atoms with E-state index >= 15 is 0 Å². The van der Waals surface area contributed by atoms with Crippen molar-refractivity contribution in [2.45, 2.75) is 12.8 Å². The number of nitrogens with one attached hydrogen (secondary N) is 2. The van der Waals surface area contributed by atoms with Crippen LogP contribution < -0.4 is 10.6 Å². The Bertz CT molecular complexity index is 473. The van der Waals surface area contributed by atoms with Gasteiger partial charge < -0.3 is 10.6 Å². The monoisotopic (exact) mass is 272 g/mol. The van der Waals surface area contributed by atoms with Gasteiger partial charge in [-0.3, -0.25) is 4.79 Å². The Morgan fingerprint density at radius 2 is 2.11 bits per heavy atom. The van der Waals surface area contributed by atoms with E-state index in [4.69, 9.17) is 0 Å². The van der Waals surface area contributed by atoms with Crippen LogP contribution in [-0.4, -0.2) is 25.5 Å². The summed E-state index contributed by atoms with van der Waals surface area (Å²) in [5.74, 6) is -4.80. The summed E-state index contributed by atoms with van der Waals surface area (Å²) in [5, 5.41) is 5.74. The van der Waals surface area contributed by atoms with Crippen LogP contribution >= 0.6 is 0 Å². The van der Waals surface area contributed by atoms with E-state index in [-0.39, 0.29) is 5.92 Å². The molecule has 3 nitrogen and oxygen atoms in total. The normalized spacial score (nSPS) is 19.2. The van der Waals surface area contributed by atoms with Crippen LogP contribution in [0.1, 0.15) is 23.2 Å². The molecule has 0 bridgehead atoms. The predicted octanol–water partition coefficient (Wildman–Crippen LogP) is 1.83. The molecule has 1 amide bonds. The second-order valence-corrected chi connectivity index (χ2v) is 4.65. The quantitative estimate of drug-likeness (QED) is 0.824. The number of amides is 1. The first-order chi connectivity index (χ1) is 9.09. The van der Waals surface area contributed by atoms with Gasteiger partial charge in [0.15, 0.2) is 17.5 Å². The van der Waals surface area contributed by atoms with Crippen molar-refractivity contribution in [2.24, 2.45) is 5.92 Å². The summed E-state index contributed by atoms with van der Waals surface area (Å²) in [6.45, 7) is 2.15. The summed E-state index contributed by atoms with van der Waals surface area (Å²) in [6.07, 6.45) is 2.01. The molecule has 0 saturated carbocycles. The number of rotatable bonds is 3. The number of carbonyl (C=O) groups excluding carboxylic acids is 1. The van der Waals surface area contributed by atoms with Crippen LogP contribution in [0.5, 0.6) is 0 Å². The summed E-state index contributed by atoms with van der Waals surface area (Å²) < 4.78 is 39.1. The second-order valence-electron chi connectivity index (χ2n) is 4.65. The molecule has 1 aromatic rings. The fraction of sp³-hybridized carbons (Fsp3) is 0.462. The zero-order chi connectivity index (χ0) is 13.8. The molecule has 0 radical (unpaired) electrons. The van der Waals surface area contributed by atoms with Crippen LogP contribution in [0, 0.1) is 23.4 Å². The molecule has 0 aromatic heterocycles. The minimum atomic E-state index is -1.62. The van der Waals surface area contributed by atoms with Crippen LogP contribution in [0.15, 0.2) is 12.1 Å². The predicted molar refractivity (Wildman–Crippen MR) is 64.2 cm³/mol. The smallest absolute Gasteiger partial charge is 0.254 e. The number of halogens is 3. The molecule has 1 aliphatic rings. The van der Waals surface area contributed by atoms with E-state index in [0.29, 0.717) is 6.54 Å². The van der Waals surface area contributed by atoms with Crippen molar-refractivity contribution in [3.63, 3.8) is 0 Å². The van der Waals surface area contributed by atoms with Crippen molar-refractivity contribution >= 4 is 5.91 Å². The first kappa shape index (κ1) is 13.9. The van der Waals surface area contributed by atoms with E-state index in [9.17, 15) is 18.0 Å². The summed E-state index contributed by atoms with van der Waals surface area (Å²) in [7, 11) is 0. The van der Waals surface area contributed by atoms with Gasteiger partial charge in [-0.2, -0.15) is 0 Å². The fourth-order valence-electron chi connectivity index (χ4n) is 2.13. The molecule has 1 aliphatic heterocycles. The summed E-state index contributed by atoms with van der Waals surface area (Å²) in [6, 6.07) is 1.69. The van der Waals surface area contributed by atoms with Gasteiger partial charge in [0.05, 0.1) is 5.56 Å². The van der Waals surface area contributed by atoms with Gasteiger partial charge in [0.2, 0.25) is 0 Å². The highest BCUT2D eigenvalue weighted by Gasteiger charge is 2.20. The molecule has 1 heterocycles. The van der Waals surface area contributed by atoms with Gasteiger partial charge in [-0.05, 0) is 44.0 Å². The maximum absolute atomic E-state index is 13.4. The van der Waals surface area contributed by atoms with Gasteiger partial charge in [-0.25, -0.2) is 13.2 Å². The summed E-state index contributed by atoms with van der Waals surface area (Å²) in [5.41, 5.74) is -0.470. The third-order valence-electron chi connectivity index (χ3n) is 3.23. The number of carbonyl (C=O) groups is 1. The standard InChI is InChI=1S/C13H15F3N2O/c14-10-4-3-9(11(15)12(10)16)13(19)18-7-8-2-1-5-17-6-8/h3-4,8,17H,1-2,5-7H2,(H,18,19). The van der Waals surface area contributed by atoms with Crippen LogP contribution in [0.4, 0.5) is 13.2 Å². The van der Waals surface area contributed by atoms with E-state index in [0.717, 1.165) is 38.1 Å². The molecule has 1 atom stereocenters. The van der Waals surface area contributed by atoms with E-state index in [2.05, 4.69) is 10.6 Å². The van der Waals surface area contributed by atoms with Crippen LogP contribution in [-0.2, 0) is 0 Å². The van der Waals surface area contributed by atoms with Crippen molar-refractivity contribution in [3.8, 4) is 0 Å². The number of hydrogen-bond acceptors (Lipinski definition) is 2. The number of piperidine rings is 1. The Kier molecular flexibility index (Phi) is 4.42. The van der Waals surface area contributed by atoms with Crippen molar-refractivity contribution in [3.05, 3.63) is 35.1 Å². The van der Waals surface area contributed by atoms with Crippen molar-refractivity contribution in [1.29, 1.82) is 0 Å². The Labute approximate surface area is 109 Å². The summed E-state index contributed by atoms with van der Waals surface area (Å²) in [4.78, 5) is 11.7. The van der Waals surface area contributed by atoms with Gasteiger partial charge in [0.25, 0.3) is 5.91 Å². The molecule has 2 rings (SSSR count). The Balaban J connectivity index is 1.98. The molecule has 1 saturated heterocycles. The topological polar surface area (TPSA) is 41.1 Å². The Hall–Kier alpha value is -1.56. The third kappa shape index (κ3) is 3.26. The van der Waals surface area contributed by atoms with Gasteiger partial charge in [0, 0.05) is 6.54 Å². The highest BCUT2D eigenvalue weighted by atomic mass is 19.2. The lowest BCUT2D eigenvalue weighted by molar-refractivity contribution is 0.0939. The van der Waals surface area contributed by atoms with Crippen LogP contribution in [0.25, 0.3) is 0 Å². The highest BCUT2D eigenvalue weighted by Crippen LogP contribution is 2.15. The molecule has 104 valence electrons. The minimum Gasteiger partial charge on any atom is -0.352 e.